The van der Waals surface area contributed by atoms with Crippen LogP contribution < -0.4 is 0 Å². The molecule has 0 saturated carbocycles. The molecular weight excluding hydrogens is 373 g/mol. The van der Waals surface area contributed by atoms with Crippen LogP contribution in [-0.2, 0) is 11.2 Å². The molecular formula is C17H14Cl2F2N2O2. The van der Waals surface area contributed by atoms with Gasteiger partial charge in [0.1, 0.15) is 5.82 Å². The molecule has 3 rings (SSSR count). The molecule has 4 nitrogen and oxygen atoms in total. The zero-order valence-corrected chi connectivity index (χ0v) is 14.4. The van der Waals surface area contributed by atoms with Gasteiger partial charge >= 0.3 is 5.97 Å². The molecule has 0 amide bonds. The number of aromatic amines is 1. The highest BCUT2D eigenvalue weighted by molar-refractivity contribution is 6.30. The number of benzene rings is 2. The third-order valence-electron chi connectivity index (χ3n) is 3.78. The molecule has 0 bridgehead atoms. The average Bonchev–Trinajstić information content (AvgIpc) is 2.88. The van der Waals surface area contributed by atoms with E-state index in [1.807, 2.05) is 0 Å². The van der Waals surface area contributed by atoms with E-state index in [0.717, 1.165) is 17.7 Å². The standard InChI is InChI=1S/C17H13ClF2N2O2.ClH/c18-11-3-1-9(2-4-11)10(6-17(23)24)5-16-21-14-7-12(19)13(20)8-15(14)22-16;/h1-4,7-8,10H,5-6H2,(H,21,22)(H,23,24);1H. The first-order valence-electron chi connectivity index (χ1n) is 7.23. The van der Waals surface area contributed by atoms with Gasteiger partial charge in [0.15, 0.2) is 11.6 Å². The SMILES string of the molecule is Cl.O=C(O)CC(Cc1nc2cc(F)c(F)cc2[nH]1)c1ccc(Cl)cc1. The summed E-state index contributed by atoms with van der Waals surface area (Å²) < 4.78 is 26.6. The van der Waals surface area contributed by atoms with Gasteiger partial charge in [-0.25, -0.2) is 13.8 Å². The summed E-state index contributed by atoms with van der Waals surface area (Å²) in [6.45, 7) is 0. The van der Waals surface area contributed by atoms with E-state index in [-0.39, 0.29) is 24.7 Å². The first-order valence-corrected chi connectivity index (χ1v) is 7.61. The Kier molecular flexibility index (Phi) is 5.98. The lowest BCUT2D eigenvalue weighted by Gasteiger charge is -2.14. The highest BCUT2D eigenvalue weighted by Gasteiger charge is 2.19. The quantitative estimate of drug-likeness (QED) is 0.666. The van der Waals surface area contributed by atoms with Crippen molar-refractivity contribution in [2.24, 2.45) is 0 Å². The number of aliphatic carboxylic acids is 1. The van der Waals surface area contributed by atoms with Crippen LogP contribution in [0.4, 0.5) is 8.78 Å². The minimum absolute atomic E-state index is 0. The second kappa shape index (κ2) is 7.80. The van der Waals surface area contributed by atoms with E-state index in [1.165, 1.54) is 0 Å². The van der Waals surface area contributed by atoms with E-state index in [1.54, 1.807) is 24.3 Å². The number of fused-ring (bicyclic) bond motifs is 1. The molecule has 3 aromatic rings. The fourth-order valence-electron chi connectivity index (χ4n) is 2.64. The van der Waals surface area contributed by atoms with Crippen LogP contribution in [0, 0.1) is 11.6 Å². The summed E-state index contributed by atoms with van der Waals surface area (Å²) in [5.41, 5.74) is 1.47. The molecule has 1 heterocycles. The van der Waals surface area contributed by atoms with E-state index in [0.29, 0.717) is 28.3 Å². The lowest BCUT2D eigenvalue weighted by atomic mass is 9.92. The average molecular weight is 387 g/mol. The van der Waals surface area contributed by atoms with Crippen LogP contribution in [0.25, 0.3) is 11.0 Å². The molecule has 0 aliphatic rings. The van der Waals surface area contributed by atoms with Gasteiger partial charge < -0.3 is 10.1 Å². The van der Waals surface area contributed by atoms with Crippen molar-refractivity contribution in [3.63, 3.8) is 0 Å². The van der Waals surface area contributed by atoms with Crippen molar-refractivity contribution in [2.75, 3.05) is 0 Å². The first kappa shape index (κ1) is 19.1. The van der Waals surface area contributed by atoms with Crippen LogP contribution in [0.5, 0.6) is 0 Å². The van der Waals surface area contributed by atoms with Crippen molar-refractivity contribution in [2.45, 2.75) is 18.8 Å². The van der Waals surface area contributed by atoms with Crippen LogP contribution in [0.1, 0.15) is 23.7 Å². The number of hydrogen-bond acceptors (Lipinski definition) is 2. The van der Waals surface area contributed by atoms with E-state index in [2.05, 4.69) is 9.97 Å². The summed E-state index contributed by atoms with van der Waals surface area (Å²) in [5, 5.41) is 9.69. The largest absolute Gasteiger partial charge is 0.481 e. The molecule has 2 N–H and O–H groups in total. The molecule has 1 unspecified atom stereocenters. The number of aromatic nitrogens is 2. The minimum atomic E-state index is -0.972. The number of carboxylic acid groups (broad SMARTS) is 1. The molecule has 1 atom stereocenters. The third kappa shape index (κ3) is 4.46. The molecule has 0 saturated heterocycles. The van der Waals surface area contributed by atoms with Gasteiger partial charge in [-0.1, -0.05) is 23.7 Å². The van der Waals surface area contributed by atoms with Gasteiger partial charge in [-0.05, 0) is 17.7 Å². The molecule has 25 heavy (non-hydrogen) atoms. The summed E-state index contributed by atoms with van der Waals surface area (Å²) in [4.78, 5) is 18.3. The molecule has 0 fully saturated rings. The zero-order valence-electron chi connectivity index (χ0n) is 12.8. The normalized spacial score (nSPS) is 12.0. The predicted octanol–water partition coefficient (Wildman–Crippen LogP) is 4.72. The zero-order chi connectivity index (χ0) is 17.3. The second-order valence-electron chi connectivity index (χ2n) is 5.52. The van der Waals surface area contributed by atoms with Crippen molar-refractivity contribution in [1.29, 1.82) is 0 Å². The maximum atomic E-state index is 13.3. The van der Waals surface area contributed by atoms with Crippen LogP contribution in [-0.4, -0.2) is 21.0 Å². The molecule has 8 heteroatoms. The Morgan fingerprint density at radius 2 is 1.84 bits per heavy atom. The number of nitrogens with one attached hydrogen (secondary N) is 1. The molecule has 2 aromatic carbocycles. The second-order valence-corrected chi connectivity index (χ2v) is 5.95. The number of rotatable bonds is 5. The fraction of sp³-hybridized carbons (Fsp3) is 0.176. The summed E-state index contributed by atoms with van der Waals surface area (Å²) >= 11 is 5.86. The van der Waals surface area contributed by atoms with Gasteiger partial charge in [0.05, 0.1) is 17.5 Å². The van der Waals surface area contributed by atoms with E-state index in [9.17, 15) is 13.6 Å². The number of hydrogen-bond donors (Lipinski definition) is 2. The number of carbonyl (C=O) groups is 1. The Bertz CT molecular complexity index is 859. The Labute approximate surface area is 153 Å². The lowest BCUT2D eigenvalue weighted by molar-refractivity contribution is -0.137. The number of nitrogens with zero attached hydrogens (tertiary/aromatic N) is 1. The van der Waals surface area contributed by atoms with Crippen LogP contribution in [0.15, 0.2) is 36.4 Å². The fourth-order valence-corrected chi connectivity index (χ4v) is 2.77. The number of halogens is 4. The van der Waals surface area contributed by atoms with Gasteiger partial charge in [0.2, 0.25) is 0 Å². The topological polar surface area (TPSA) is 66.0 Å². The summed E-state index contributed by atoms with van der Waals surface area (Å²) in [7, 11) is 0. The van der Waals surface area contributed by atoms with Gasteiger partial charge in [-0.2, -0.15) is 0 Å². The lowest BCUT2D eigenvalue weighted by Crippen LogP contribution is -2.10. The van der Waals surface area contributed by atoms with Gasteiger partial charge in [-0.15, -0.1) is 12.4 Å². The Hall–Kier alpha value is -2.18. The van der Waals surface area contributed by atoms with E-state index < -0.39 is 17.6 Å². The molecule has 132 valence electrons. The van der Waals surface area contributed by atoms with Crippen molar-refractivity contribution < 1.29 is 18.7 Å². The molecule has 1 aromatic heterocycles. The number of carboxylic acids is 1. The van der Waals surface area contributed by atoms with Crippen LogP contribution in [0.3, 0.4) is 0 Å². The van der Waals surface area contributed by atoms with Crippen molar-refractivity contribution >= 4 is 41.0 Å². The molecule has 0 aliphatic carbocycles. The Morgan fingerprint density at radius 1 is 1.20 bits per heavy atom. The highest BCUT2D eigenvalue weighted by Crippen LogP contribution is 2.26. The van der Waals surface area contributed by atoms with Gasteiger partial charge in [-0.3, -0.25) is 4.79 Å². The predicted molar refractivity (Wildman–Crippen MR) is 93.4 cm³/mol. The van der Waals surface area contributed by atoms with Crippen molar-refractivity contribution in [3.05, 3.63) is 64.4 Å². The van der Waals surface area contributed by atoms with Crippen molar-refractivity contribution in [3.8, 4) is 0 Å². The minimum Gasteiger partial charge on any atom is -0.481 e. The molecule has 0 radical (unpaired) electrons. The third-order valence-corrected chi connectivity index (χ3v) is 4.03. The monoisotopic (exact) mass is 386 g/mol. The van der Waals surface area contributed by atoms with Crippen LogP contribution in [0.2, 0.25) is 5.02 Å². The Balaban J connectivity index is 0.00000225. The first-order chi connectivity index (χ1) is 11.4. The molecule has 0 aliphatic heterocycles. The summed E-state index contributed by atoms with van der Waals surface area (Å²) in [5.74, 6) is -2.74. The van der Waals surface area contributed by atoms with E-state index in [4.69, 9.17) is 16.7 Å². The maximum absolute atomic E-state index is 13.3. The smallest absolute Gasteiger partial charge is 0.303 e. The Morgan fingerprint density at radius 3 is 2.48 bits per heavy atom. The van der Waals surface area contributed by atoms with Crippen LogP contribution >= 0.6 is 24.0 Å². The number of H-pyrrole nitrogens is 1. The van der Waals surface area contributed by atoms with Crippen molar-refractivity contribution in [1.82, 2.24) is 9.97 Å². The van der Waals surface area contributed by atoms with Gasteiger partial charge in [0.25, 0.3) is 0 Å². The number of imidazole rings is 1. The molecule has 0 spiro atoms. The van der Waals surface area contributed by atoms with E-state index >= 15 is 0 Å². The maximum Gasteiger partial charge on any atom is 0.303 e. The highest BCUT2D eigenvalue weighted by atomic mass is 35.5. The summed E-state index contributed by atoms with van der Waals surface area (Å²) in [6, 6.07) is 8.95. The summed E-state index contributed by atoms with van der Waals surface area (Å²) in [6.07, 6.45) is 0.202. The van der Waals surface area contributed by atoms with Gasteiger partial charge in [0, 0.05) is 29.5 Å².